The van der Waals surface area contributed by atoms with E-state index in [9.17, 15) is 4.79 Å². The van der Waals surface area contributed by atoms with Crippen LogP contribution in [-0.4, -0.2) is 59.2 Å². The quantitative estimate of drug-likeness (QED) is 0.779. The second-order valence-electron chi connectivity index (χ2n) is 6.54. The van der Waals surface area contributed by atoms with E-state index in [1.807, 2.05) is 0 Å². The average molecular weight is 374 g/mol. The molecular weight excluding hydrogens is 346 g/mol. The zero-order chi connectivity index (χ0) is 16.9. The van der Waals surface area contributed by atoms with Crippen molar-refractivity contribution in [2.75, 3.05) is 31.6 Å². The van der Waals surface area contributed by atoms with Gasteiger partial charge in [0, 0.05) is 19.6 Å². The van der Waals surface area contributed by atoms with Crippen LogP contribution < -0.4 is 10.6 Å². The Hall–Kier alpha value is -1.22. The number of hydrogen-bond acceptors (Lipinski definition) is 6. The molecule has 2 aliphatic heterocycles. The number of hydrogen-bond donors (Lipinski definition) is 2. The highest BCUT2D eigenvalue weighted by Gasteiger charge is 2.23. The number of nitrogens with zero attached hydrogens (tertiary/aromatic N) is 3. The number of carbonyl (C=O) groups excluding carboxylic acids is 1. The number of piperidine rings is 1. The molecule has 1 aromatic heterocycles. The Labute approximate surface area is 154 Å². The molecule has 0 saturated carbocycles. The van der Waals surface area contributed by atoms with Crippen LogP contribution in [0.1, 0.15) is 44.3 Å². The molecule has 2 unspecified atom stereocenters. The number of aromatic nitrogens is 3. The summed E-state index contributed by atoms with van der Waals surface area (Å²) in [5, 5.41) is 10.6. The van der Waals surface area contributed by atoms with Gasteiger partial charge in [-0.25, -0.2) is 4.68 Å². The number of rotatable bonds is 6. The molecule has 0 spiro atoms. The van der Waals surface area contributed by atoms with Crippen molar-refractivity contribution < 1.29 is 14.3 Å². The summed E-state index contributed by atoms with van der Waals surface area (Å²) < 4.78 is 12.7. The van der Waals surface area contributed by atoms with E-state index in [0.717, 1.165) is 51.2 Å². The molecule has 0 bridgehead atoms. The van der Waals surface area contributed by atoms with E-state index >= 15 is 0 Å². The molecule has 1 aromatic rings. The number of amides is 1. The van der Waals surface area contributed by atoms with Gasteiger partial charge in [-0.05, 0) is 45.7 Å². The number of ether oxygens (including phenoxy) is 2. The summed E-state index contributed by atoms with van der Waals surface area (Å²) >= 11 is 0. The first-order chi connectivity index (χ1) is 11.6. The van der Waals surface area contributed by atoms with E-state index in [4.69, 9.17) is 9.47 Å². The molecule has 0 aromatic carbocycles. The number of carbonyl (C=O) groups is 1. The highest BCUT2D eigenvalue weighted by Crippen LogP contribution is 2.23. The summed E-state index contributed by atoms with van der Waals surface area (Å²) in [7, 11) is 1.80. The number of nitrogens with one attached hydrogen (secondary N) is 2. The molecular formula is C16H28ClN5O3. The van der Waals surface area contributed by atoms with Crippen molar-refractivity contribution in [3.8, 4) is 0 Å². The summed E-state index contributed by atoms with van der Waals surface area (Å²) in [4.78, 5) is 16.8. The lowest BCUT2D eigenvalue weighted by atomic mass is 9.98. The fraction of sp³-hybridized carbons (Fsp3) is 0.812. The summed E-state index contributed by atoms with van der Waals surface area (Å²) in [6.07, 6.45) is 3.68. The Balaban J connectivity index is 0.00000225. The molecule has 1 amide bonds. The van der Waals surface area contributed by atoms with Crippen LogP contribution in [0.5, 0.6) is 0 Å². The standard InChI is InChI=1S/C16H27N5O3.ClH/c1-11(24-10-13-4-3-9-23-13)15(22)19-16-18-14(20-21(16)2)12-5-7-17-8-6-12;/h11-13,17H,3-10H2,1-2H3,(H,18,19,20,22);1H. The Morgan fingerprint density at radius 3 is 2.88 bits per heavy atom. The second-order valence-corrected chi connectivity index (χ2v) is 6.54. The predicted molar refractivity (Wildman–Crippen MR) is 96.1 cm³/mol. The second kappa shape index (κ2) is 9.47. The Morgan fingerprint density at radius 2 is 2.20 bits per heavy atom. The van der Waals surface area contributed by atoms with Gasteiger partial charge in [-0.1, -0.05) is 0 Å². The van der Waals surface area contributed by atoms with Crippen molar-refractivity contribution in [2.24, 2.45) is 7.05 Å². The van der Waals surface area contributed by atoms with Crippen LogP contribution in [0, 0.1) is 0 Å². The zero-order valence-electron chi connectivity index (χ0n) is 14.9. The van der Waals surface area contributed by atoms with Gasteiger partial charge in [0.15, 0.2) is 5.82 Å². The van der Waals surface area contributed by atoms with Crippen LogP contribution in [0.3, 0.4) is 0 Å². The van der Waals surface area contributed by atoms with Gasteiger partial charge in [0.2, 0.25) is 5.95 Å². The highest BCUT2D eigenvalue weighted by molar-refractivity contribution is 5.92. The molecule has 3 rings (SSSR count). The first-order valence-corrected chi connectivity index (χ1v) is 8.79. The van der Waals surface area contributed by atoms with Gasteiger partial charge in [-0.3, -0.25) is 10.1 Å². The van der Waals surface area contributed by atoms with Crippen molar-refractivity contribution >= 4 is 24.3 Å². The first kappa shape index (κ1) is 20.1. The number of aryl methyl sites for hydroxylation is 1. The van der Waals surface area contributed by atoms with Gasteiger partial charge in [-0.15, -0.1) is 12.4 Å². The van der Waals surface area contributed by atoms with Gasteiger partial charge in [0.05, 0.1) is 12.7 Å². The van der Waals surface area contributed by atoms with Gasteiger partial charge in [-0.2, -0.15) is 10.1 Å². The lowest BCUT2D eigenvalue weighted by molar-refractivity contribution is -0.128. The van der Waals surface area contributed by atoms with E-state index in [1.54, 1.807) is 18.7 Å². The first-order valence-electron chi connectivity index (χ1n) is 8.79. The fourth-order valence-corrected chi connectivity index (χ4v) is 3.08. The predicted octanol–water partition coefficient (Wildman–Crippen LogP) is 1.23. The zero-order valence-corrected chi connectivity index (χ0v) is 15.7. The Bertz CT molecular complexity index is 556. The van der Waals surface area contributed by atoms with Gasteiger partial charge >= 0.3 is 0 Å². The van der Waals surface area contributed by atoms with Crippen molar-refractivity contribution in [1.82, 2.24) is 20.1 Å². The third kappa shape index (κ3) is 5.37. The molecule has 0 radical (unpaired) electrons. The normalized spacial score (nSPS) is 22.4. The molecule has 142 valence electrons. The lowest BCUT2D eigenvalue weighted by Crippen LogP contribution is -2.31. The smallest absolute Gasteiger partial charge is 0.255 e. The molecule has 2 saturated heterocycles. The van der Waals surface area contributed by atoms with Crippen LogP contribution in [-0.2, 0) is 21.3 Å². The molecule has 3 heterocycles. The number of anilines is 1. The Morgan fingerprint density at radius 1 is 1.44 bits per heavy atom. The molecule has 2 atom stereocenters. The summed E-state index contributed by atoms with van der Waals surface area (Å²) in [5.74, 6) is 1.43. The van der Waals surface area contributed by atoms with Crippen LogP contribution in [0.15, 0.2) is 0 Å². The van der Waals surface area contributed by atoms with Gasteiger partial charge in [0.25, 0.3) is 5.91 Å². The van der Waals surface area contributed by atoms with Crippen molar-refractivity contribution in [3.05, 3.63) is 5.82 Å². The maximum atomic E-state index is 12.3. The Kier molecular flexibility index (Phi) is 7.61. The van der Waals surface area contributed by atoms with Crippen molar-refractivity contribution in [2.45, 2.75) is 50.7 Å². The molecule has 8 nitrogen and oxygen atoms in total. The third-order valence-electron chi connectivity index (χ3n) is 4.64. The fourth-order valence-electron chi connectivity index (χ4n) is 3.08. The van der Waals surface area contributed by atoms with Crippen LogP contribution in [0.2, 0.25) is 0 Å². The summed E-state index contributed by atoms with van der Waals surface area (Å²) in [6, 6.07) is 0. The molecule has 0 aliphatic carbocycles. The summed E-state index contributed by atoms with van der Waals surface area (Å²) in [5.41, 5.74) is 0. The van der Waals surface area contributed by atoms with Crippen LogP contribution in [0.4, 0.5) is 5.95 Å². The lowest BCUT2D eigenvalue weighted by Gasteiger charge is -2.19. The monoisotopic (exact) mass is 373 g/mol. The van der Waals surface area contributed by atoms with Gasteiger partial charge < -0.3 is 14.8 Å². The van der Waals surface area contributed by atoms with E-state index in [1.165, 1.54) is 0 Å². The van der Waals surface area contributed by atoms with Crippen LogP contribution >= 0.6 is 12.4 Å². The van der Waals surface area contributed by atoms with Crippen molar-refractivity contribution in [1.29, 1.82) is 0 Å². The molecule has 25 heavy (non-hydrogen) atoms. The maximum Gasteiger partial charge on any atom is 0.255 e. The minimum atomic E-state index is -0.548. The minimum absolute atomic E-state index is 0. The number of halogens is 1. The molecule has 9 heteroatoms. The van der Waals surface area contributed by atoms with E-state index in [2.05, 4.69) is 20.7 Å². The topological polar surface area (TPSA) is 90.3 Å². The molecule has 2 fully saturated rings. The maximum absolute atomic E-state index is 12.3. The van der Waals surface area contributed by atoms with Gasteiger partial charge in [0.1, 0.15) is 6.10 Å². The minimum Gasteiger partial charge on any atom is -0.376 e. The van der Waals surface area contributed by atoms with E-state index in [0.29, 0.717) is 18.5 Å². The average Bonchev–Trinajstić information content (AvgIpc) is 3.24. The summed E-state index contributed by atoms with van der Waals surface area (Å²) in [6.45, 7) is 4.95. The third-order valence-corrected chi connectivity index (χ3v) is 4.64. The van der Waals surface area contributed by atoms with E-state index in [-0.39, 0.29) is 24.4 Å². The van der Waals surface area contributed by atoms with Crippen molar-refractivity contribution in [3.63, 3.8) is 0 Å². The molecule has 2 aliphatic rings. The van der Waals surface area contributed by atoms with E-state index < -0.39 is 6.10 Å². The molecule has 2 N–H and O–H groups in total. The SMILES string of the molecule is CC(OCC1CCCO1)C(=O)Nc1nc(C2CCNCC2)nn1C.Cl. The highest BCUT2D eigenvalue weighted by atomic mass is 35.5. The largest absolute Gasteiger partial charge is 0.376 e. The van der Waals surface area contributed by atoms with Crippen LogP contribution in [0.25, 0.3) is 0 Å².